The second kappa shape index (κ2) is 6.38. The van der Waals surface area contributed by atoms with Crippen LogP contribution in [0.5, 0.6) is 5.75 Å². The van der Waals surface area contributed by atoms with Gasteiger partial charge in [-0.15, -0.1) is 0 Å². The Hall–Kier alpha value is -1.81. The fraction of sp³-hybridized carbons (Fsp3) is 0.400. The number of rotatable bonds is 6. The lowest BCUT2D eigenvalue weighted by Gasteiger charge is -2.06. The molecule has 0 amide bonds. The van der Waals surface area contributed by atoms with Crippen LogP contribution in [-0.2, 0) is 13.1 Å². The summed E-state index contributed by atoms with van der Waals surface area (Å²) in [5.74, 6) is 0.892. The van der Waals surface area contributed by atoms with Crippen LogP contribution >= 0.6 is 0 Å². The summed E-state index contributed by atoms with van der Waals surface area (Å²) in [7, 11) is 1.69. The van der Waals surface area contributed by atoms with Gasteiger partial charge in [-0.25, -0.2) is 0 Å². The molecule has 0 saturated carbocycles. The number of nitrogens with zero attached hydrogens (tertiary/aromatic N) is 2. The Kier molecular flexibility index (Phi) is 4.58. The maximum Gasteiger partial charge on any atom is 0.119 e. The van der Waals surface area contributed by atoms with Crippen LogP contribution in [0.3, 0.4) is 0 Å². The van der Waals surface area contributed by atoms with E-state index in [4.69, 9.17) is 4.74 Å². The van der Waals surface area contributed by atoms with E-state index in [0.29, 0.717) is 6.04 Å². The maximum absolute atomic E-state index is 5.21. The van der Waals surface area contributed by atoms with Crippen LogP contribution in [-0.4, -0.2) is 16.9 Å². The predicted molar refractivity (Wildman–Crippen MR) is 76.1 cm³/mol. The van der Waals surface area contributed by atoms with Gasteiger partial charge in [-0.2, -0.15) is 5.10 Å². The number of hydrogen-bond acceptors (Lipinski definition) is 3. The van der Waals surface area contributed by atoms with E-state index in [9.17, 15) is 0 Å². The lowest BCUT2D eigenvalue weighted by Crippen LogP contribution is -2.13. The van der Waals surface area contributed by atoms with Crippen molar-refractivity contribution in [3.05, 3.63) is 47.8 Å². The standard InChI is InChI=1S/C15H21N3O/c1-12(2)18-8-7-14(17-18)11-16-10-13-5-4-6-15(9-13)19-3/h4-9,12,16H,10-11H2,1-3H3. The zero-order valence-electron chi connectivity index (χ0n) is 11.8. The van der Waals surface area contributed by atoms with E-state index in [1.54, 1.807) is 7.11 Å². The first-order valence-corrected chi connectivity index (χ1v) is 6.56. The Labute approximate surface area is 114 Å². The molecule has 2 rings (SSSR count). The van der Waals surface area contributed by atoms with Crippen LogP contribution < -0.4 is 10.1 Å². The highest BCUT2D eigenvalue weighted by Crippen LogP contribution is 2.12. The van der Waals surface area contributed by atoms with Crippen molar-refractivity contribution in [3.63, 3.8) is 0 Å². The summed E-state index contributed by atoms with van der Waals surface area (Å²) >= 11 is 0. The van der Waals surface area contributed by atoms with Crippen LogP contribution in [0.15, 0.2) is 36.5 Å². The van der Waals surface area contributed by atoms with Crippen molar-refractivity contribution < 1.29 is 4.74 Å². The van der Waals surface area contributed by atoms with Gasteiger partial charge in [0.15, 0.2) is 0 Å². The molecule has 0 aliphatic carbocycles. The first kappa shape index (κ1) is 13.6. The molecule has 4 nitrogen and oxygen atoms in total. The van der Waals surface area contributed by atoms with E-state index in [2.05, 4.69) is 36.4 Å². The molecule has 0 bridgehead atoms. The van der Waals surface area contributed by atoms with E-state index in [0.717, 1.165) is 24.5 Å². The molecule has 1 N–H and O–H groups in total. The molecule has 4 heteroatoms. The highest BCUT2D eigenvalue weighted by Gasteiger charge is 2.02. The first-order valence-electron chi connectivity index (χ1n) is 6.56. The lowest BCUT2D eigenvalue weighted by molar-refractivity contribution is 0.414. The molecule has 0 atom stereocenters. The quantitative estimate of drug-likeness (QED) is 0.867. The minimum atomic E-state index is 0.409. The Morgan fingerprint density at radius 3 is 2.79 bits per heavy atom. The van der Waals surface area contributed by atoms with Crippen molar-refractivity contribution in [2.75, 3.05) is 7.11 Å². The van der Waals surface area contributed by atoms with E-state index in [1.165, 1.54) is 5.56 Å². The van der Waals surface area contributed by atoms with Crippen molar-refractivity contribution >= 4 is 0 Å². The van der Waals surface area contributed by atoms with Gasteiger partial charge in [0.25, 0.3) is 0 Å². The zero-order chi connectivity index (χ0) is 13.7. The van der Waals surface area contributed by atoms with Gasteiger partial charge in [-0.3, -0.25) is 4.68 Å². The molecule has 0 spiro atoms. The molecular formula is C15H21N3O. The highest BCUT2D eigenvalue weighted by atomic mass is 16.5. The second-order valence-electron chi connectivity index (χ2n) is 4.84. The van der Waals surface area contributed by atoms with Gasteiger partial charge in [0.05, 0.1) is 12.8 Å². The number of hydrogen-bond donors (Lipinski definition) is 1. The minimum absolute atomic E-state index is 0.409. The van der Waals surface area contributed by atoms with Gasteiger partial charge in [-0.05, 0) is 37.6 Å². The Morgan fingerprint density at radius 2 is 2.11 bits per heavy atom. The van der Waals surface area contributed by atoms with Gasteiger partial charge >= 0.3 is 0 Å². The molecule has 2 aromatic rings. The predicted octanol–water partition coefficient (Wildman–Crippen LogP) is 2.76. The van der Waals surface area contributed by atoms with E-state index >= 15 is 0 Å². The molecule has 19 heavy (non-hydrogen) atoms. The minimum Gasteiger partial charge on any atom is -0.497 e. The summed E-state index contributed by atoms with van der Waals surface area (Å²) in [5.41, 5.74) is 2.28. The summed E-state index contributed by atoms with van der Waals surface area (Å²) in [5, 5.41) is 7.89. The van der Waals surface area contributed by atoms with Crippen molar-refractivity contribution in [1.29, 1.82) is 0 Å². The molecule has 1 aromatic carbocycles. The van der Waals surface area contributed by atoms with Gasteiger partial charge in [0.2, 0.25) is 0 Å². The molecule has 0 radical (unpaired) electrons. The average Bonchev–Trinajstić information content (AvgIpc) is 2.88. The fourth-order valence-corrected chi connectivity index (χ4v) is 1.88. The van der Waals surface area contributed by atoms with E-state index in [-0.39, 0.29) is 0 Å². The van der Waals surface area contributed by atoms with Crippen LogP contribution in [0, 0.1) is 0 Å². The molecule has 0 aliphatic rings. The molecule has 1 heterocycles. The molecule has 0 fully saturated rings. The third kappa shape index (κ3) is 3.83. The Morgan fingerprint density at radius 1 is 1.26 bits per heavy atom. The largest absolute Gasteiger partial charge is 0.497 e. The van der Waals surface area contributed by atoms with Gasteiger partial charge in [0.1, 0.15) is 5.75 Å². The van der Waals surface area contributed by atoms with Crippen LogP contribution in [0.2, 0.25) is 0 Å². The van der Waals surface area contributed by atoms with Crippen LogP contribution in [0.4, 0.5) is 0 Å². The number of nitrogens with one attached hydrogen (secondary N) is 1. The molecular weight excluding hydrogens is 238 g/mol. The highest BCUT2D eigenvalue weighted by molar-refractivity contribution is 5.28. The van der Waals surface area contributed by atoms with Gasteiger partial charge in [-0.1, -0.05) is 12.1 Å². The topological polar surface area (TPSA) is 39.1 Å². The summed E-state index contributed by atoms with van der Waals surface area (Å²) in [6.07, 6.45) is 2.02. The second-order valence-corrected chi connectivity index (χ2v) is 4.84. The number of methoxy groups -OCH3 is 1. The van der Waals surface area contributed by atoms with E-state index < -0.39 is 0 Å². The summed E-state index contributed by atoms with van der Waals surface area (Å²) < 4.78 is 7.18. The summed E-state index contributed by atoms with van der Waals surface area (Å²) in [6.45, 7) is 5.84. The fourth-order valence-electron chi connectivity index (χ4n) is 1.88. The summed E-state index contributed by atoms with van der Waals surface area (Å²) in [4.78, 5) is 0. The number of aromatic nitrogens is 2. The maximum atomic E-state index is 5.21. The van der Waals surface area contributed by atoms with Crippen LogP contribution in [0.1, 0.15) is 31.1 Å². The Balaban J connectivity index is 1.85. The van der Waals surface area contributed by atoms with Crippen molar-refractivity contribution in [3.8, 4) is 5.75 Å². The van der Waals surface area contributed by atoms with Crippen molar-refractivity contribution in [2.45, 2.75) is 33.0 Å². The lowest BCUT2D eigenvalue weighted by atomic mass is 10.2. The van der Waals surface area contributed by atoms with Gasteiger partial charge < -0.3 is 10.1 Å². The molecule has 1 aromatic heterocycles. The zero-order valence-corrected chi connectivity index (χ0v) is 11.8. The molecule has 102 valence electrons. The van der Waals surface area contributed by atoms with Crippen molar-refractivity contribution in [2.24, 2.45) is 0 Å². The van der Waals surface area contributed by atoms with Crippen LogP contribution in [0.25, 0.3) is 0 Å². The first-order chi connectivity index (χ1) is 9.19. The van der Waals surface area contributed by atoms with Crippen molar-refractivity contribution in [1.82, 2.24) is 15.1 Å². The third-order valence-corrected chi connectivity index (χ3v) is 2.96. The number of ether oxygens (including phenoxy) is 1. The molecule has 0 unspecified atom stereocenters. The molecule has 0 saturated heterocycles. The molecule has 0 aliphatic heterocycles. The Bertz CT molecular complexity index is 520. The normalized spacial score (nSPS) is 10.9. The average molecular weight is 259 g/mol. The third-order valence-electron chi connectivity index (χ3n) is 2.96. The monoisotopic (exact) mass is 259 g/mol. The smallest absolute Gasteiger partial charge is 0.119 e. The number of benzene rings is 1. The summed E-state index contributed by atoms with van der Waals surface area (Å²) in [6, 6.07) is 10.5. The SMILES string of the molecule is COc1cccc(CNCc2ccn(C(C)C)n2)c1. The van der Waals surface area contributed by atoms with E-state index in [1.807, 2.05) is 29.1 Å². The van der Waals surface area contributed by atoms with Gasteiger partial charge in [0, 0.05) is 25.3 Å².